The SMILES string of the molecule is CCC(C(=O)N1CCCOCC1)C(N)=S. The highest BCUT2D eigenvalue weighted by Gasteiger charge is 2.25. The van der Waals surface area contributed by atoms with E-state index in [4.69, 9.17) is 22.7 Å². The van der Waals surface area contributed by atoms with Crippen molar-refractivity contribution in [2.45, 2.75) is 19.8 Å². The zero-order chi connectivity index (χ0) is 11.3. The maximum Gasteiger partial charge on any atom is 0.232 e. The fraction of sp³-hybridized carbons (Fsp3) is 0.800. The quantitative estimate of drug-likeness (QED) is 0.719. The van der Waals surface area contributed by atoms with E-state index in [0.29, 0.717) is 24.6 Å². The minimum absolute atomic E-state index is 0.0514. The van der Waals surface area contributed by atoms with Gasteiger partial charge in [0.25, 0.3) is 0 Å². The number of hydrogen-bond acceptors (Lipinski definition) is 3. The summed E-state index contributed by atoms with van der Waals surface area (Å²) in [4.78, 5) is 14.1. The van der Waals surface area contributed by atoms with Crippen molar-refractivity contribution in [3.05, 3.63) is 0 Å². The van der Waals surface area contributed by atoms with Gasteiger partial charge >= 0.3 is 0 Å². The molecule has 1 amide bonds. The molecule has 1 aliphatic rings. The zero-order valence-corrected chi connectivity index (χ0v) is 9.89. The van der Waals surface area contributed by atoms with Crippen LogP contribution in [0, 0.1) is 5.92 Å². The number of thiocarbonyl (C=S) groups is 1. The van der Waals surface area contributed by atoms with E-state index in [9.17, 15) is 4.79 Å². The molecule has 0 saturated carbocycles. The Labute approximate surface area is 95.8 Å². The van der Waals surface area contributed by atoms with Gasteiger partial charge < -0.3 is 15.4 Å². The van der Waals surface area contributed by atoms with E-state index in [-0.39, 0.29) is 11.8 Å². The summed E-state index contributed by atoms with van der Waals surface area (Å²) < 4.78 is 5.29. The molecule has 1 saturated heterocycles. The first-order valence-electron chi connectivity index (χ1n) is 5.32. The summed E-state index contributed by atoms with van der Waals surface area (Å²) in [5, 5.41) is 0. The van der Waals surface area contributed by atoms with Gasteiger partial charge in [-0.25, -0.2) is 0 Å². The topological polar surface area (TPSA) is 55.6 Å². The first-order chi connectivity index (χ1) is 7.16. The molecule has 0 aromatic heterocycles. The van der Waals surface area contributed by atoms with Gasteiger partial charge in [0, 0.05) is 19.7 Å². The molecule has 5 heteroatoms. The molecule has 1 unspecified atom stereocenters. The second-order valence-corrected chi connectivity index (χ2v) is 4.13. The van der Waals surface area contributed by atoms with Gasteiger partial charge in [0.15, 0.2) is 0 Å². The number of carbonyl (C=O) groups excluding carboxylic acids is 1. The highest BCUT2D eigenvalue weighted by atomic mass is 32.1. The molecule has 1 heterocycles. The van der Waals surface area contributed by atoms with Crippen LogP contribution in [0.25, 0.3) is 0 Å². The molecule has 86 valence electrons. The molecular formula is C10H18N2O2S. The van der Waals surface area contributed by atoms with Crippen molar-refractivity contribution >= 4 is 23.1 Å². The van der Waals surface area contributed by atoms with Crippen LogP contribution in [0.5, 0.6) is 0 Å². The third-order valence-electron chi connectivity index (χ3n) is 2.58. The minimum atomic E-state index is -0.307. The normalized spacial score (nSPS) is 19.4. The summed E-state index contributed by atoms with van der Waals surface area (Å²) in [6, 6.07) is 0. The van der Waals surface area contributed by atoms with Gasteiger partial charge in [-0.15, -0.1) is 0 Å². The van der Waals surface area contributed by atoms with Gasteiger partial charge in [-0.05, 0) is 12.8 Å². The first-order valence-corrected chi connectivity index (χ1v) is 5.73. The lowest BCUT2D eigenvalue weighted by Crippen LogP contribution is -2.42. The molecule has 4 nitrogen and oxygen atoms in total. The monoisotopic (exact) mass is 230 g/mol. The van der Waals surface area contributed by atoms with Gasteiger partial charge in [-0.1, -0.05) is 19.1 Å². The summed E-state index contributed by atoms with van der Waals surface area (Å²) in [7, 11) is 0. The van der Waals surface area contributed by atoms with Crippen LogP contribution < -0.4 is 5.73 Å². The minimum Gasteiger partial charge on any atom is -0.393 e. The molecule has 1 fully saturated rings. The van der Waals surface area contributed by atoms with Crippen molar-refractivity contribution in [3.8, 4) is 0 Å². The third-order valence-corrected chi connectivity index (χ3v) is 2.87. The molecule has 1 aliphatic heterocycles. The van der Waals surface area contributed by atoms with Gasteiger partial charge in [0.05, 0.1) is 17.5 Å². The van der Waals surface area contributed by atoms with Crippen LogP contribution in [0.2, 0.25) is 0 Å². The van der Waals surface area contributed by atoms with E-state index in [2.05, 4.69) is 0 Å². The largest absolute Gasteiger partial charge is 0.393 e. The Balaban J connectivity index is 2.59. The van der Waals surface area contributed by atoms with Crippen LogP contribution in [-0.4, -0.2) is 42.1 Å². The van der Waals surface area contributed by atoms with Crippen LogP contribution in [-0.2, 0) is 9.53 Å². The Morgan fingerprint density at radius 1 is 1.53 bits per heavy atom. The molecule has 0 aromatic rings. The van der Waals surface area contributed by atoms with Crippen molar-refractivity contribution < 1.29 is 9.53 Å². The van der Waals surface area contributed by atoms with Gasteiger partial charge in [-0.2, -0.15) is 0 Å². The van der Waals surface area contributed by atoms with E-state index in [1.807, 2.05) is 6.92 Å². The van der Waals surface area contributed by atoms with E-state index in [1.165, 1.54) is 0 Å². The summed E-state index contributed by atoms with van der Waals surface area (Å²) in [5.74, 6) is -0.256. The Morgan fingerprint density at radius 3 is 2.87 bits per heavy atom. The molecule has 0 bridgehead atoms. The maximum absolute atomic E-state index is 12.0. The third kappa shape index (κ3) is 3.43. The molecule has 0 aromatic carbocycles. The van der Waals surface area contributed by atoms with Crippen LogP contribution in [0.1, 0.15) is 19.8 Å². The van der Waals surface area contributed by atoms with Crippen LogP contribution in [0.3, 0.4) is 0 Å². The second-order valence-electron chi connectivity index (χ2n) is 3.65. The number of nitrogens with two attached hydrogens (primary N) is 1. The number of amides is 1. The zero-order valence-electron chi connectivity index (χ0n) is 9.07. The maximum atomic E-state index is 12.0. The summed E-state index contributed by atoms with van der Waals surface area (Å²) >= 11 is 4.89. The highest BCUT2D eigenvalue weighted by molar-refractivity contribution is 7.80. The molecule has 2 N–H and O–H groups in total. The summed E-state index contributed by atoms with van der Waals surface area (Å²) in [6.07, 6.45) is 1.56. The Bertz CT molecular complexity index is 238. The fourth-order valence-electron chi connectivity index (χ4n) is 1.68. The van der Waals surface area contributed by atoms with Crippen LogP contribution in [0.4, 0.5) is 0 Å². The average molecular weight is 230 g/mol. The Hall–Kier alpha value is -0.680. The van der Waals surface area contributed by atoms with E-state index >= 15 is 0 Å². The predicted molar refractivity (Wildman–Crippen MR) is 62.6 cm³/mol. The first kappa shape index (κ1) is 12.4. The van der Waals surface area contributed by atoms with Crippen molar-refractivity contribution in [3.63, 3.8) is 0 Å². The smallest absolute Gasteiger partial charge is 0.232 e. The molecule has 1 rings (SSSR count). The fourth-order valence-corrected chi connectivity index (χ4v) is 1.95. The predicted octanol–water partition coefficient (Wildman–Crippen LogP) is 0.548. The Kier molecular flexibility index (Phi) is 4.98. The van der Waals surface area contributed by atoms with Crippen LogP contribution >= 0.6 is 12.2 Å². The number of carbonyl (C=O) groups is 1. The van der Waals surface area contributed by atoms with E-state index in [0.717, 1.165) is 19.6 Å². The van der Waals surface area contributed by atoms with Gasteiger partial charge in [0.2, 0.25) is 5.91 Å². The average Bonchev–Trinajstić information content (AvgIpc) is 2.45. The van der Waals surface area contributed by atoms with Crippen molar-refractivity contribution in [2.24, 2.45) is 11.7 Å². The number of nitrogens with zero attached hydrogens (tertiary/aromatic N) is 1. The highest BCUT2D eigenvalue weighted by Crippen LogP contribution is 2.10. The lowest BCUT2D eigenvalue weighted by atomic mass is 10.1. The Morgan fingerprint density at radius 2 is 2.27 bits per heavy atom. The lowest BCUT2D eigenvalue weighted by Gasteiger charge is -2.24. The number of ether oxygens (including phenoxy) is 1. The van der Waals surface area contributed by atoms with Crippen molar-refractivity contribution in [1.29, 1.82) is 0 Å². The molecule has 1 atom stereocenters. The lowest BCUT2D eigenvalue weighted by molar-refractivity contribution is -0.133. The van der Waals surface area contributed by atoms with Crippen LogP contribution in [0.15, 0.2) is 0 Å². The molecule has 0 radical (unpaired) electrons. The second kappa shape index (κ2) is 6.02. The molecule has 0 spiro atoms. The van der Waals surface area contributed by atoms with E-state index in [1.54, 1.807) is 4.90 Å². The van der Waals surface area contributed by atoms with Crippen molar-refractivity contribution in [1.82, 2.24) is 4.90 Å². The molecule has 0 aliphatic carbocycles. The molecule has 15 heavy (non-hydrogen) atoms. The van der Waals surface area contributed by atoms with Gasteiger partial charge in [0.1, 0.15) is 0 Å². The number of rotatable bonds is 3. The summed E-state index contributed by atoms with van der Waals surface area (Å²) in [6.45, 7) is 4.67. The standard InChI is InChI=1S/C10H18N2O2S/c1-2-8(9(11)15)10(13)12-4-3-6-14-7-5-12/h8H,2-7H2,1H3,(H2,11,15). The molecular weight excluding hydrogens is 212 g/mol. The van der Waals surface area contributed by atoms with Gasteiger partial charge in [-0.3, -0.25) is 4.79 Å². The number of hydrogen-bond donors (Lipinski definition) is 1. The van der Waals surface area contributed by atoms with E-state index < -0.39 is 0 Å². The summed E-state index contributed by atoms with van der Waals surface area (Å²) in [5.41, 5.74) is 5.55. The van der Waals surface area contributed by atoms with Crippen molar-refractivity contribution in [2.75, 3.05) is 26.3 Å².